The Hall–Kier alpha value is -1.66. The van der Waals surface area contributed by atoms with Crippen molar-refractivity contribution in [2.45, 2.75) is 18.9 Å². The summed E-state index contributed by atoms with van der Waals surface area (Å²) in [6.07, 6.45) is 1.17. The molecule has 1 amide bonds. The van der Waals surface area contributed by atoms with Crippen molar-refractivity contribution in [3.05, 3.63) is 29.8 Å². The Bertz CT molecular complexity index is 355. The van der Waals surface area contributed by atoms with Crippen LogP contribution in [0, 0.1) is 0 Å². The molecule has 1 rings (SSSR count). The molecule has 0 saturated heterocycles. The second-order valence-electron chi connectivity index (χ2n) is 3.73. The van der Waals surface area contributed by atoms with Crippen LogP contribution in [0.4, 0.5) is 4.39 Å². The maximum absolute atomic E-state index is 11.4. The minimum atomic E-state index is -0.532. The first-order valence-corrected chi connectivity index (χ1v) is 5.61. The van der Waals surface area contributed by atoms with Crippen molar-refractivity contribution in [2.24, 2.45) is 17.2 Å². The number of benzene rings is 1. The van der Waals surface area contributed by atoms with E-state index in [9.17, 15) is 9.18 Å². The Kier molecular flexibility index (Phi) is 8.51. The third kappa shape index (κ3) is 7.59. The molecule has 7 N–H and O–H groups in total. The van der Waals surface area contributed by atoms with Crippen LogP contribution < -0.4 is 17.2 Å². The molecule has 0 unspecified atom stereocenters. The minimum absolute atomic E-state index is 0.0370. The molecule has 0 heterocycles. The van der Waals surface area contributed by atoms with Crippen LogP contribution in [0.5, 0.6) is 5.75 Å². The maximum Gasteiger partial charge on any atom is 0.248 e. The number of phenolic OH excluding ortho intramolecular Hbond substituents is 1. The van der Waals surface area contributed by atoms with Gasteiger partial charge in [-0.15, -0.1) is 0 Å². The molecule has 0 aliphatic heterocycles. The summed E-state index contributed by atoms with van der Waals surface area (Å²) in [4.78, 5) is 10.5. The van der Waals surface area contributed by atoms with Crippen LogP contribution in [0.15, 0.2) is 24.3 Å². The number of phenols is 1. The van der Waals surface area contributed by atoms with Crippen LogP contribution in [0.1, 0.15) is 23.2 Å². The number of halogens is 1. The molecule has 102 valence electrons. The van der Waals surface area contributed by atoms with Gasteiger partial charge in [-0.1, -0.05) is 6.07 Å². The van der Waals surface area contributed by atoms with Crippen molar-refractivity contribution in [3.8, 4) is 5.75 Å². The van der Waals surface area contributed by atoms with Gasteiger partial charge in [-0.2, -0.15) is 0 Å². The van der Waals surface area contributed by atoms with E-state index in [2.05, 4.69) is 0 Å². The van der Waals surface area contributed by atoms with Crippen LogP contribution in [0.3, 0.4) is 0 Å². The molecule has 0 radical (unpaired) electrons. The summed E-state index contributed by atoms with van der Waals surface area (Å²) in [7, 11) is 0. The fourth-order valence-corrected chi connectivity index (χ4v) is 1.16. The lowest BCUT2D eigenvalue weighted by molar-refractivity contribution is 0.1000. The highest BCUT2D eigenvalue weighted by Crippen LogP contribution is 2.09. The molecule has 0 fully saturated rings. The SMILES string of the molecule is NC(=O)c1cccc(O)c1.NCC[C@H](N)CCF. The van der Waals surface area contributed by atoms with Gasteiger partial charge in [0.15, 0.2) is 0 Å². The van der Waals surface area contributed by atoms with Gasteiger partial charge < -0.3 is 22.3 Å². The summed E-state index contributed by atoms with van der Waals surface area (Å²) >= 11 is 0. The van der Waals surface area contributed by atoms with Crippen molar-refractivity contribution in [1.82, 2.24) is 0 Å². The van der Waals surface area contributed by atoms with Gasteiger partial charge in [0.2, 0.25) is 5.91 Å². The van der Waals surface area contributed by atoms with Gasteiger partial charge in [-0.3, -0.25) is 9.18 Å². The highest BCUT2D eigenvalue weighted by molar-refractivity contribution is 5.93. The van der Waals surface area contributed by atoms with Crippen molar-refractivity contribution in [3.63, 3.8) is 0 Å². The van der Waals surface area contributed by atoms with E-state index in [0.717, 1.165) is 6.42 Å². The van der Waals surface area contributed by atoms with Gasteiger partial charge in [0.25, 0.3) is 0 Å². The number of hydrogen-bond acceptors (Lipinski definition) is 4. The largest absolute Gasteiger partial charge is 0.508 e. The molecule has 1 atom stereocenters. The highest BCUT2D eigenvalue weighted by atomic mass is 19.1. The second-order valence-corrected chi connectivity index (χ2v) is 3.73. The first-order valence-electron chi connectivity index (χ1n) is 5.61. The molecular formula is C12H20FN3O2. The van der Waals surface area contributed by atoms with Gasteiger partial charge in [0.05, 0.1) is 6.67 Å². The van der Waals surface area contributed by atoms with Crippen LogP contribution in [-0.4, -0.2) is 30.3 Å². The van der Waals surface area contributed by atoms with Crippen LogP contribution in [-0.2, 0) is 0 Å². The van der Waals surface area contributed by atoms with E-state index in [-0.39, 0.29) is 18.5 Å². The normalized spacial score (nSPS) is 11.3. The Morgan fingerprint density at radius 2 is 2.06 bits per heavy atom. The van der Waals surface area contributed by atoms with E-state index in [1.807, 2.05) is 0 Å². The summed E-state index contributed by atoms with van der Waals surface area (Å²) in [6.45, 7) is 0.225. The third-order valence-electron chi connectivity index (χ3n) is 2.15. The number of amides is 1. The van der Waals surface area contributed by atoms with Crippen molar-refractivity contribution < 1.29 is 14.3 Å². The molecule has 0 bridgehead atoms. The number of rotatable bonds is 5. The quantitative estimate of drug-likeness (QED) is 0.615. The van der Waals surface area contributed by atoms with Crippen LogP contribution in [0.2, 0.25) is 0 Å². The van der Waals surface area contributed by atoms with Gasteiger partial charge in [-0.25, -0.2) is 0 Å². The average Bonchev–Trinajstić information content (AvgIpc) is 2.30. The lowest BCUT2D eigenvalue weighted by atomic mass is 10.2. The monoisotopic (exact) mass is 257 g/mol. The zero-order valence-electron chi connectivity index (χ0n) is 10.2. The fourth-order valence-electron chi connectivity index (χ4n) is 1.16. The topological polar surface area (TPSA) is 115 Å². The molecule has 0 spiro atoms. The maximum atomic E-state index is 11.4. The number of carbonyl (C=O) groups is 1. The number of alkyl halides is 1. The molecule has 5 nitrogen and oxygen atoms in total. The summed E-state index contributed by atoms with van der Waals surface area (Å²) in [5, 5.41) is 8.85. The highest BCUT2D eigenvalue weighted by Gasteiger charge is 1.98. The predicted octanol–water partition coefficient (Wildman–Crippen LogP) is 0.513. The molecule has 1 aromatic rings. The first-order chi connectivity index (χ1) is 8.51. The molecule has 0 aromatic heterocycles. The van der Waals surface area contributed by atoms with E-state index in [1.165, 1.54) is 12.1 Å². The van der Waals surface area contributed by atoms with Gasteiger partial charge >= 0.3 is 0 Å². The number of carbonyl (C=O) groups excluding carboxylic acids is 1. The molecule has 0 saturated carbocycles. The lowest BCUT2D eigenvalue weighted by Crippen LogP contribution is -2.23. The molecule has 0 aliphatic carbocycles. The number of aromatic hydroxyl groups is 1. The molecule has 1 aromatic carbocycles. The van der Waals surface area contributed by atoms with E-state index < -0.39 is 5.91 Å². The zero-order chi connectivity index (χ0) is 14.0. The van der Waals surface area contributed by atoms with Crippen molar-refractivity contribution >= 4 is 5.91 Å². The van der Waals surface area contributed by atoms with Gasteiger partial charge in [0, 0.05) is 11.6 Å². The van der Waals surface area contributed by atoms with E-state index in [1.54, 1.807) is 12.1 Å². The molecular weight excluding hydrogens is 237 g/mol. The summed E-state index contributed by atoms with van der Waals surface area (Å²) < 4.78 is 11.4. The van der Waals surface area contributed by atoms with Crippen LogP contribution >= 0.6 is 0 Å². The van der Waals surface area contributed by atoms with E-state index in [0.29, 0.717) is 18.5 Å². The third-order valence-corrected chi connectivity index (χ3v) is 2.15. The number of nitrogens with two attached hydrogens (primary N) is 3. The summed E-state index contributed by atoms with van der Waals surface area (Å²) in [5.41, 5.74) is 15.8. The molecule has 6 heteroatoms. The molecule has 0 aliphatic rings. The predicted molar refractivity (Wildman–Crippen MR) is 68.9 cm³/mol. The number of primary amides is 1. The summed E-state index contributed by atoms with van der Waals surface area (Å²) in [5.74, 6) is -0.479. The van der Waals surface area contributed by atoms with E-state index >= 15 is 0 Å². The molecule has 18 heavy (non-hydrogen) atoms. The van der Waals surface area contributed by atoms with Gasteiger partial charge in [-0.05, 0) is 37.6 Å². The van der Waals surface area contributed by atoms with E-state index in [4.69, 9.17) is 22.3 Å². The van der Waals surface area contributed by atoms with Gasteiger partial charge in [0.1, 0.15) is 5.75 Å². The lowest BCUT2D eigenvalue weighted by Gasteiger charge is -2.04. The zero-order valence-corrected chi connectivity index (χ0v) is 10.2. The number of hydrogen-bond donors (Lipinski definition) is 4. The average molecular weight is 257 g/mol. The smallest absolute Gasteiger partial charge is 0.248 e. The van der Waals surface area contributed by atoms with Crippen molar-refractivity contribution in [1.29, 1.82) is 0 Å². The summed E-state index contributed by atoms with van der Waals surface area (Å²) in [6, 6.07) is 5.87. The Balaban J connectivity index is 0.000000331. The standard InChI is InChI=1S/C7H7NO2.C5H13FN2/c8-7(10)5-2-1-3-6(9)4-5;6-3-1-5(8)2-4-7/h1-4,9H,(H2,8,10);5H,1-4,7-8H2/t;5-/m.1/s1. The Labute approximate surface area is 106 Å². The minimum Gasteiger partial charge on any atom is -0.508 e. The van der Waals surface area contributed by atoms with Crippen molar-refractivity contribution in [2.75, 3.05) is 13.2 Å². The fraction of sp³-hybridized carbons (Fsp3) is 0.417. The van der Waals surface area contributed by atoms with Crippen LogP contribution in [0.25, 0.3) is 0 Å². The second kappa shape index (κ2) is 9.38. The first kappa shape index (κ1) is 16.3. The Morgan fingerprint density at radius 3 is 2.44 bits per heavy atom. The Morgan fingerprint density at radius 1 is 1.39 bits per heavy atom.